The van der Waals surface area contributed by atoms with Crippen molar-refractivity contribution in [1.82, 2.24) is 4.98 Å². The zero-order valence-electron chi connectivity index (χ0n) is 9.48. The van der Waals surface area contributed by atoms with Gasteiger partial charge in [0.2, 0.25) is 5.91 Å². The zero-order valence-corrected chi connectivity index (χ0v) is 9.48. The highest BCUT2D eigenvalue weighted by Gasteiger charge is 2.37. The molecule has 0 aliphatic rings. The first-order valence-corrected chi connectivity index (χ1v) is 4.79. The Morgan fingerprint density at radius 1 is 1.38 bits per heavy atom. The fourth-order valence-corrected chi connectivity index (χ4v) is 1.06. The maximum Gasteiger partial charge on any atom is 0.320 e. The number of carbonyl (C=O) groups is 2. The highest BCUT2D eigenvalue weighted by molar-refractivity contribution is 6.07. The van der Waals surface area contributed by atoms with E-state index in [1.807, 2.05) is 0 Å². The molecule has 0 aliphatic heterocycles. The Kier molecular flexibility index (Phi) is 3.60. The summed E-state index contributed by atoms with van der Waals surface area (Å²) < 4.78 is 4.55. The maximum atomic E-state index is 11.8. The van der Waals surface area contributed by atoms with Gasteiger partial charge in [-0.05, 0) is 26.0 Å². The second-order valence-electron chi connectivity index (χ2n) is 3.79. The molecule has 0 saturated heterocycles. The molecule has 1 heterocycles. The van der Waals surface area contributed by atoms with Gasteiger partial charge < -0.3 is 10.1 Å². The number of hydrogen-bond acceptors (Lipinski definition) is 4. The van der Waals surface area contributed by atoms with Gasteiger partial charge in [-0.15, -0.1) is 0 Å². The first-order valence-electron chi connectivity index (χ1n) is 4.79. The molecule has 1 N–H and O–H groups in total. The molecule has 86 valence electrons. The quantitative estimate of drug-likeness (QED) is 0.616. The third kappa shape index (κ3) is 2.56. The highest BCUT2D eigenvalue weighted by atomic mass is 16.5. The summed E-state index contributed by atoms with van der Waals surface area (Å²) in [6, 6.07) is 5.13. The number of esters is 1. The number of hydrogen-bond donors (Lipinski definition) is 1. The van der Waals surface area contributed by atoms with Gasteiger partial charge in [0.15, 0.2) is 0 Å². The van der Waals surface area contributed by atoms with Crippen molar-refractivity contribution in [1.29, 1.82) is 0 Å². The Labute approximate surface area is 93.8 Å². The Balaban J connectivity index is 2.76. The predicted octanol–water partition coefficient (Wildman–Crippen LogP) is 1.22. The van der Waals surface area contributed by atoms with E-state index < -0.39 is 17.3 Å². The van der Waals surface area contributed by atoms with Crippen molar-refractivity contribution >= 4 is 17.7 Å². The van der Waals surface area contributed by atoms with Crippen LogP contribution in [0.2, 0.25) is 0 Å². The number of methoxy groups -OCH3 is 1. The van der Waals surface area contributed by atoms with E-state index in [0.717, 1.165) is 0 Å². The molecule has 1 rings (SSSR count). The molecule has 0 unspecified atom stereocenters. The number of nitrogens with one attached hydrogen (secondary N) is 1. The second-order valence-corrected chi connectivity index (χ2v) is 3.79. The molecule has 0 bridgehead atoms. The summed E-state index contributed by atoms with van der Waals surface area (Å²) in [7, 11) is 1.25. The van der Waals surface area contributed by atoms with Crippen LogP contribution in [0.1, 0.15) is 13.8 Å². The SMILES string of the molecule is COC(=O)C(C)(C)C(=O)Nc1ccccn1. The number of nitrogens with zero attached hydrogens (tertiary/aromatic N) is 1. The first kappa shape index (κ1) is 12.2. The van der Waals surface area contributed by atoms with Crippen LogP contribution in [0, 0.1) is 5.41 Å². The average Bonchev–Trinajstić information content (AvgIpc) is 2.29. The normalized spacial score (nSPS) is 10.7. The topological polar surface area (TPSA) is 68.3 Å². The standard InChI is InChI=1S/C11H14N2O3/c1-11(2,10(15)16-3)9(14)13-8-6-4-5-7-12-8/h4-7H,1-3H3,(H,12,13,14). The largest absolute Gasteiger partial charge is 0.468 e. The molecule has 0 saturated carbocycles. The van der Waals surface area contributed by atoms with Crippen molar-refractivity contribution in [3.63, 3.8) is 0 Å². The minimum Gasteiger partial charge on any atom is -0.468 e. The van der Waals surface area contributed by atoms with E-state index in [-0.39, 0.29) is 0 Å². The minimum atomic E-state index is -1.23. The van der Waals surface area contributed by atoms with Crippen LogP contribution in [0.3, 0.4) is 0 Å². The van der Waals surface area contributed by atoms with Crippen LogP contribution >= 0.6 is 0 Å². The van der Waals surface area contributed by atoms with Crippen molar-refractivity contribution in [2.75, 3.05) is 12.4 Å². The van der Waals surface area contributed by atoms with Crippen molar-refractivity contribution in [2.45, 2.75) is 13.8 Å². The lowest BCUT2D eigenvalue weighted by molar-refractivity contribution is -0.154. The van der Waals surface area contributed by atoms with Gasteiger partial charge in [-0.1, -0.05) is 6.07 Å². The van der Waals surface area contributed by atoms with Gasteiger partial charge in [0.05, 0.1) is 7.11 Å². The molecule has 0 aromatic carbocycles. The zero-order chi connectivity index (χ0) is 12.2. The number of anilines is 1. The molecule has 0 atom stereocenters. The molecule has 1 amide bonds. The molecule has 5 heteroatoms. The molecule has 1 aromatic heterocycles. The lowest BCUT2D eigenvalue weighted by Crippen LogP contribution is -2.38. The number of carbonyl (C=O) groups excluding carboxylic acids is 2. The summed E-state index contributed by atoms with van der Waals surface area (Å²) in [6.45, 7) is 2.99. The van der Waals surface area contributed by atoms with E-state index in [1.165, 1.54) is 21.0 Å². The van der Waals surface area contributed by atoms with Crippen LogP contribution in [-0.2, 0) is 14.3 Å². The van der Waals surface area contributed by atoms with Crippen molar-refractivity contribution in [3.8, 4) is 0 Å². The van der Waals surface area contributed by atoms with Gasteiger partial charge >= 0.3 is 5.97 Å². The third-order valence-corrected chi connectivity index (χ3v) is 2.17. The van der Waals surface area contributed by atoms with Gasteiger partial charge in [-0.3, -0.25) is 9.59 Å². The molecule has 0 fully saturated rings. The fraction of sp³-hybridized carbons (Fsp3) is 0.364. The minimum absolute atomic E-state index is 0.407. The number of aromatic nitrogens is 1. The number of amides is 1. The molecule has 0 aliphatic carbocycles. The van der Waals surface area contributed by atoms with Crippen molar-refractivity contribution < 1.29 is 14.3 Å². The summed E-state index contributed by atoms with van der Waals surface area (Å²) in [6.07, 6.45) is 1.56. The Morgan fingerprint density at radius 2 is 2.06 bits per heavy atom. The monoisotopic (exact) mass is 222 g/mol. The summed E-state index contributed by atoms with van der Waals surface area (Å²) in [4.78, 5) is 27.1. The van der Waals surface area contributed by atoms with Gasteiger partial charge in [-0.2, -0.15) is 0 Å². The molecular weight excluding hydrogens is 208 g/mol. The van der Waals surface area contributed by atoms with Crippen LogP contribution in [0.5, 0.6) is 0 Å². The second kappa shape index (κ2) is 4.74. The third-order valence-electron chi connectivity index (χ3n) is 2.17. The number of ether oxygens (including phenoxy) is 1. The smallest absolute Gasteiger partial charge is 0.320 e. The van der Waals surface area contributed by atoms with Gasteiger partial charge in [0, 0.05) is 6.20 Å². The van der Waals surface area contributed by atoms with Gasteiger partial charge in [0.25, 0.3) is 0 Å². The summed E-state index contributed by atoms with van der Waals surface area (Å²) in [5.41, 5.74) is -1.23. The number of pyridine rings is 1. The summed E-state index contributed by atoms with van der Waals surface area (Å²) in [5, 5.41) is 2.55. The molecule has 5 nitrogen and oxygen atoms in total. The number of rotatable bonds is 3. The van der Waals surface area contributed by atoms with E-state index in [4.69, 9.17) is 0 Å². The highest BCUT2D eigenvalue weighted by Crippen LogP contribution is 2.19. The lowest BCUT2D eigenvalue weighted by Gasteiger charge is -2.19. The lowest BCUT2D eigenvalue weighted by atomic mass is 9.92. The predicted molar refractivity (Wildman–Crippen MR) is 58.7 cm³/mol. The Hall–Kier alpha value is -1.91. The van der Waals surface area contributed by atoms with Crippen LogP contribution in [-0.4, -0.2) is 24.0 Å². The van der Waals surface area contributed by atoms with Crippen LogP contribution < -0.4 is 5.32 Å². The van der Waals surface area contributed by atoms with Gasteiger partial charge in [-0.25, -0.2) is 4.98 Å². The Morgan fingerprint density at radius 3 is 2.56 bits per heavy atom. The first-order chi connectivity index (χ1) is 7.48. The molecule has 0 spiro atoms. The molecule has 1 aromatic rings. The summed E-state index contributed by atoms with van der Waals surface area (Å²) in [5.74, 6) is -0.622. The average molecular weight is 222 g/mol. The van der Waals surface area contributed by atoms with Crippen molar-refractivity contribution in [3.05, 3.63) is 24.4 Å². The van der Waals surface area contributed by atoms with Gasteiger partial charge in [0.1, 0.15) is 11.2 Å². The van der Waals surface area contributed by atoms with Crippen LogP contribution in [0.25, 0.3) is 0 Å². The van der Waals surface area contributed by atoms with Crippen LogP contribution in [0.15, 0.2) is 24.4 Å². The van der Waals surface area contributed by atoms with E-state index >= 15 is 0 Å². The van der Waals surface area contributed by atoms with E-state index in [1.54, 1.807) is 24.4 Å². The molecule has 0 radical (unpaired) electrons. The van der Waals surface area contributed by atoms with Crippen LogP contribution in [0.4, 0.5) is 5.82 Å². The molecule has 16 heavy (non-hydrogen) atoms. The summed E-state index contributed by atoms with van der Waals surface area (Å²) >= 11 is 0. The van der Waals surface area contributed by atoms with E-state index in [0.29, 0.717) is 5.82 Å². The molecular formula is C11H14N2O3. The maximum absolute atomic E-state index is 11.8. The van der Waals surface area contributed by atoms with E-state index in [2.05, 4.69) is 15.0 Å². The Bertz CT molecular complexity index is 387. The van der Waals surface area contributed by atoms with Crippen molar-refractivity contribution in [2.24, 2.45) is 5.41 Å². The fourth-order valence-electron chi connectivity index (χ4n) is 1.06. The van der Waals surface area contributed by atoms with E-state index in [9.17, 15) is 9.59 Å².